The Morgan fingerprint density at radius 3 is 2.33 bits per heavy atom. The van der Waals surface area contributed by atoms with E-state index in [1.165, 1.54) is 11.1 Å². The smallest absolute Gasteiger partial charge is 0.125 e. The van der Waals surface area contributed by atoms with Crippen molar-refractivity contribution in [2.24, 2.45) is 5.73 Å². The molecule has 2 rings (SSSR count). The quantitative estimate of drug-likeness (QED) is 0.881. The van der Waals surface area contributed by atoms with Gasteiger partial charge in [-0.05, 0) is 37.0 Å². The van der Waals surface area contributed by atoms with Gasteiger partial charge in [-0.25, -0.2) is 0 Å². The van der Waals surface area contributed by atoms with Gasteiger partial charge < -0.3 is 15.2 Å². The molecule has 21 heavy (non-hydrogen) atoms. The Morgan fingerprint density at radius 2 is 1.71 bits per heavy atom. The normalized spacial score (nSPS) is 12.0. The maximum absolute atomic E-state index is 6.28. The summed E-state index contributed by atoms with van der Waals surface area (Å²) in [5.41, 5.74) is 9.86. The van der Waals surface area contributed by atoms with E-state index >= 15 is 0 Å². The highest BCUT2D eigenvalue weighted by molar-refractivity contribution is 5.41. The van der Waals surface area contributed by atoms with E-state index in [1.807, 2.05) is 18.2 Å². The standard InChI is InChI=1S/C18H23NO2/c1-13-4-6-14(7-5-13)17(19)11-9-15-8-10-16(20-2)12-18(15)21-3/h4-8,10,12,17H,9,11,19H2,1-3H3. The molecule has 3 heteroatoms. The predicted molar refractivity (Wildman–Crippen MR) is 86.0 cm³/mol. The monoisotopic (exact) mass is 285 g/mol. The van der Waals surface area contributed by atoms with Crippen LogP contribution in [-0.2, 0) is 6.42 Å². The molecule has 0 saturated carbocycles. The Bertz CT molecular complexity index is 578. The number of ether oxygens (including phenoxy) is 2. The van der Waals surface area contributed by atoms with E-state index in [9.17, 15) is 0 Å². The number of nitrogens with two attached hydrogens (primary N) is 1. The van der Waals surface area contributed by atoms with Gasteiger partial charge in [0.25, 0.3) is 0 Å². The van der Waals surface area contributed by atoms with Gasteiger partial charge in [0, 0.05) is 12.1 Å². The first-order valence-electron chi connectivity index (χ1n) is 7.17. The summed E-state index contributed by atoms with van der Waals surface area (Å²) in [5.74, 6) is 1.66. The Labute approximate surface area is 126 Å². The number of rotatable bonds is 6. The fourth-order valence-corrected chi connectivity index (χ4v) is 2.35. The fourth-order valence-electron chi connectivity index (χ4n) is 2.35. The van der Waals surface area contributed by atoms with Crippen molar-refractivity contribution in [3.05, 3.63) is 59.2 Å². The molecule has 1 atom stereocenters. The largest absolute Gasteiger partial charge is 0.497 e. The van der Waals surface area contributed by atoms with Gasteiger partial charge in [-0.1, -0.05) is 35.9 Å². The molecule has 0 heterocycles. The Morgan fingerprint density at radius 1 is 1.00 bits per heavy atom. The molecule has 0 bridgehead atoms. The Kier molecular flexibility index (Phi) is 5.23. The molecule has 112 valence electrons. The van der Waals surface area contributed by atoms with Crippen molar-refractivity contribution in [3.63, 3.8) is 0 Å². The van der Waals surface area contributed by atoms with E-state index in [-0.39, 0.29) is 6.04 Å². The van der Waals surface area contributed by atoms with Gasteiger partial charge in [-0.15, -0.1) is 0 Å². The zero-order valence-corrected chi connectivity index (χ0v) is 12.9. The highest BCUT2D eigenvalue weighted by atomic mass is 16.5. The predicted octanol–water partition coefficient (Wildman–Crippen LogP) is 3.64. The van der Waals surface area contributed by atoms with Crippen LogP contribution in [0.25, 0.3) is 0 Å². The Balaban J connectivity index is 2.03. The second kappa shape index (κ2) is 7.14. The summed E-state index contributed by atoms with van der Waals surface area (Å²) >= 11 is 0. The molecule has 0 radical (unpaired) electrons. The van der Waals surface area contributed by atoms with Crippen molar-refractivity contribution in [2.45, 2.75) is 25.8 Å². The molecule has 2 aromatic carbocycles. The summed E-state index contributed by atoms with van der Waals surface area (Å²) in [6, 6.07) is 14.3. The molecule has 0 aliphatic rings. The lowest BCUT2D eigenvalue weighted by Gasteiger charge is -2.14. The number of benzene rings is 2. The molecule has 2 aromatic rings. The molecule has 0 aliphatic carbocycles. The topological polar surface area (TPSA) is 44.5 Å². The van der Waals surface area contributed by atoms with Gasteiger partial charge >= 0.3 is 0 Å². The molecule has 1 unspecified atom stereocenters. The van der Waals surface area contributed by atoms with Gasteiger partial charge in [0.1, 0.15) is 11.5 Å². The first-order valence-corrected chi connectivity index (χ1v) is 7.17. The van der Waals surface area contributed by atoms with Crippen molar-refractivity contribution >= 4 is 0 Å². The van der Waals surface area contributed by atoms with E-state index in [1.54, 1.807) is 14.2 Å². The summed E-state index contributed by atoms with van der Waals surface area (Å²) in [5, 5.41) is 0. The zero-order valence-electron chi connectivity index (χ0n) is 12.9. The molecule has 0 saturated heterocycles. The van der Waals surface area contributed by atoms with Crippen molar-refractivity contribution in [3.8, 4) is 11.5 Å². The number of hydrogen-bond donors (Lipinski definition) is 1. The lowest BCUT2D eigenvalue weighted by molar-refractivity contribution is 0.390. The van der Waals surface area contributed by atoms with Crippen LogP contribution in [0.1, 0.15) is 29.2 Å². The van der Waals surface area contributed by atoms with Gasteiger partial charge in [0.2, 0.25) is 0 Å². The number of hydrogen-bond acceptors (Lipinski definition) is 3. The van der Waals surface area contributed by atoms with Crippen LogP contribution in [0.5, 0.6) is 11.5 Å². The average Bonchev–Trinajstić information content (AvgIpc) is 2.53. The third kappa shape index (κ3) is 3.99. The third-order valence-corrected chi connectivity index (χ3v) is 3.72. The second-order valence-electron chi connectivity index (χ2n) is 5.23. The highest BCUT2D eigenvalue weighted by Gasteiger charge is 2.09. The minimum Gasteiger partial charge on any atom is -0.497 e. The van der Waals surface area contributed by atoms with Gasteiger partial charge in [0.15, 0.2) is 0 Å². The van der Waals surface area contributed by atoms with E-state index < -0.39 is 0 Å². The van der Waals surface area contributed by atoms with Crippen LogP contribution < -0.4 is 15.2 Å². The summed E-state index contributed by atoms with van der Waals surface area (Å²) in [7, 11) is 3.33. The first kappa shape index (κ1) is 15.4. The summed E-state index contributed by atoms with van der Waals surface area (Å²) in [4.78, 5) is 0. The van der Waals surface area contributed by atoms with Gasteiger partial charge in [0.05, 0.1) is 14.2 Å². The van der Waals surface area contributed by atoms with Crippen molar-refractivity contribution in [1.29, 1.82) is 0 Å². The van der Waals surface area contributed by atoms with Crippen LogP contribution in [0.15, 0.2) is 42.5 Å². The third-order valence-electron chi connectivity index (χ3n) is 3.72. The maximum atomic E-state index is 6.28. The molecule has 0 spiro atoms. The highest BCUT2D eigenvalue weighted by Crippen LogP contribution is 2.27. The fraction of sp³-hybridized carbons (Fsp3) is 0.333. The second-order valence-corrected chi connectivity index (χ2v) is 5.23. The Hall–Kier alpha value is -2.00. The lowest BCUT2D eigenvalue weighted by atomic mass is 9.98. The van der Waals surface area contributed by atoms with Crippen LogP contribution in [0.2, 0.25) is 0 Å². The van der Waals surface area contributed by atoms with Crippen molar-refractivity contribution < 1.29 is 9.47 Å². The first-order chi connectivity index (χ1) is 10.1. The van der Waals surface area contributed by atoms with Gasteiger partial charge in [-0.2, -0.15) is 0 Å². The minimum atomic E-state index is 0.0393. The van der Waals surface area contributed by atoms with Crippen molar-refractivity contribution in [2.75, 3.05) is 14.2 Å². The molecule has 0 aliphatic heterocycles. The molecule has 0 fully saturated rings. The van der Waals surface area contributed by atoms with E-state index in [0.717, 1.165) is 29.9 Å². The zero-order chi connectivity index (χ0) is 15.2. The van der Waals surface area contributed by atoms with Crippen molar-refractivity contribution in [1.82, 2.24) is 0 Å². The lowest BCUT2D eigenvalue weighted by Crippen LogP contribution is -2.11. The molecular weight excluding hydrogens is 262 g/mol. The SMILES string of the molecule is COc1ccc(CCC(N)c2ccc(C)cc2)c(OC)c1. The van der Waals surface area contributed by atoms with Crippen LogP contribution in [0, 0.1) is 6.92 Å². The van der Waals surface area contributed by atoms with Crippen LogP contribution in [0.4, 0.5) is 0 Å². The minimum absolute atomic E-state index is 0.0393. The van der Waals surface area contributed by atoms with Crippen LogP contribution in [0.3, 0.4) is 0 Å². The van der Waals surface area contributed by atoms with E-state index in [4.69, 9.17) is 15.2 Å². The number of methoxy groups -OCH3 is 2. The number of aryl methyl sites for hydroxylation is 2. The molecule has 3 nitrogen and oxygen atoms in total. The van der Waals surface area contributed by atoms with Gasteiger partial charge in [-0.3, -0.25) is 0 Å². The average molecular weight is 285 g/mol. The van der Waals surface area contributed by atoms with Crippen LogP contribution in [-0.4, -0.2) is 14.2 Å². The summed E-state index contributed by atoms with van der Waals surface area (Å²) < 4.78 is 10.6. The van der Waals surface area contributed by atoms with Crippen LogP contribution >= 0.6 is 0 Å². The summed E-state index contributed by atoms with van der Waals surface area (Å²) in [6.07, 6.45) is 1.76. The maximum Gasteiger partial charge on any atom is 0.125 e. The molecule has 2 N–H and O–H groups in total. The van der Waals surface area contributed by atoms with E-state index in [2.05, 4.69) is 31.2 Å². The summed E-state index contributed by atoms with van der Waals surface area (Å²) in [6.45, 7) is 2.08. The molecule has 0 aromatic heterocycles. The molecular formula is C18H23NO2. The van der Waals surface area contributed by atoms with E-state index in [0.29, 0.717) is 0 Å². The molecule has 0 amide bonds.